The van der Waals surface area contributed by atoms with E-state index >= 15 is 0 Å². The molecule has 0 radical (unpaired) electrons. The zero-order chi connectivity index (χ0) is 20.1. The third kappa shape index (κ3) is 5.09. The molecule has 0 aliphatic heterocycles. The van der Waals surface area contributed by atoms with Gasteiger partial charge in [-0.05, 0) is 73.1 Å². The highest BCUT2D eigenvalue weighted by Gasteiger charge is 2.15. The number of rotatable bonds is 8. The average molecular weight is 365 g/mol. The van der Waals surface area contributed by atoms with Crippen molar-refractivity contribution in [2.24, 2.45) is 0 Å². The van der Waals surface area contributed by atoms with E-state index in [4.69, 9.17) is 4.74 Å². The predicted molar refractivity (Wildman–Crippen MR) is 115 cm³/mol. The Balaban J connectivity index is 2.38. The SMILES string of the molecule is C=C(c1ccc(C(=O)CCC)cc1)c1cc(C(C)C)c(OC(C)C)cc1C. The van der Waals surface area contributed by atoms with Crippen LogP contribution in [-0.4, -0.2) is 11.9 Å². The Hall–Kier alpha value is -2.35. The number of carbonyl (C=O) groups is 1. The van der Waals surface area contributed by atoms with Crippen molar-refractivity contribution < 1.29 is 9.53 Å². The molecule has 0 saturated heterocycles. The van der Waals surface area contributed by atoms with Crippen LogP contribution in [0.2, 0.25) is 0 Å². The van der Waals surface area contributed by atoms with E-state index in [1.165, 1.54) is 5.56 Å². The normalized spacial score (nSPS) is 11.1. The van der Waals surface area contributed by atoms with Gasteiger partial charge in [0.1, 0.15) is 5.75 Å². The molecule has 2 aromatic rings. The molecular formula is C25H32O2. The van der Waals surface area contributed by atoms with Crippen molar-refractivity contribution in [2.45, 2.75) is 66.4 Å². The van der Waals surface area contributed by atoms with Crippen molar-refractivity contribution in [1.82, 2.24) is 0 Å². The van der Waals surface area contributed by atoms with Crippen LogP contribution in [-0.2, 0) is 0 Å². The third-order valence-electron chi connectivity index (χ3n) is 4.70. The lowest BCUT2D eigenvalue weighted by Crippen LogP contribution is -2.09. The summed E-state index contributed by atoms with van der Waals surface area (Å²) in [6, 6.07) is 12.1. The molecule has 0 amide bonds. The Morgan fingerprint density at radius 3 is 2.15 bits per heavy atom. The van der Waals surface area contributed by atoms with Crippen LogP contribution in [0.25, 0.3) is 5.57 Å². The third-order valence-corrected chi connectivity index (χ3v) is 4.70. The topological polar surface area (TPSA) is 26.3 Å². The van der Waals surface area contributed by atoms with Gasteiger partial charge in [-0.2, -0.15) is 0 Å². The largest absolute Gasteiger partial charge is 0.491 e. The molecule has 0 unspecified atom stereocenters. The van der Waals surface area contributed by atoms with Crippen LogP contribution in [0.5, 0.6) is 5.75 Å². The quantitative estimate of drug-likeness (QED) is 0.474. The molecule has 144 valence electrons. The number of aryl methyl sites for hydroxylation is 1. The van der Waals surface area contributed by atoms with E-state index in [0.717, 1.165) is 40.0 Å². The van der Waals surface area contributed by atoms with Crippen LogP contribution in [0.15, 0.2) is 43.0 Å². The first kappa shape index (κ1) is 21.0. The summed E-state index contributed by atoms with van der Waals surface area (Å²) in [6.07, 6.45) is 1.60. The maximum Gasteiger partial charge on any atom is 0.162 e. The minimum atomic E-state index is 0.143. The standard InChI is InChI=1S/C25H32O2/c1-8-9-24(26)21-12-10-20(11-13-21)19(7)23-15-22(16(2)3)25(14-18(23)6)27-17(4)5/h10-17H,7-9H2,1-6H3. The first-order chi connectivity index (χ1) is 12.7. The molecule has 0 bridgehead atoms. The van der Waals surface area contributed by atoms with Gasteiger partial charge in [0, 0.05) is 12.0 Å². The molecule has 0 spiro atoms. The van der Waals surface area contributed by atoms with Crippen LogP contribution >= 0.6 is 0 Å². The average Bonchev–Trinajstić information content (AvgIpc) is 2.61. The number of hydrogen-bond acceptors (Lipinski definition) is 2. The van der Waals surface area contributed by atoms with Gasteiger partial charge in [0.25, 0.3) is 0 Å². The van der Waals surface area contributed by atoms with Crippen molar-refractivity contribution >= 4 is 11.4 Å². The molecule has 27 heavy (non-hydrogen) atoms. The summed E-state index contributed by atoms with van der Waals surface area (Å²) in [5.41, 5.74) is 6.25. The minimum Gasteiger partial charge on any atom is -0.491 e. The number of hydrogen-bond donors (Lipinski definition) is 0. The van der Waals surface area contributed by atoms with Crippen LogP contribution in [0.3, 0.4) is 0 Å². The van der Waals surface area contributed by atoms with E-state index in [1.54, 1.807) is 0 Å². The van der Waals surface area contributed by atoms with Gasteiger partial charge in [0.15, 0.2) is 5.78 Å². The van der Waals surface area contributed by atoms with Gasteiger partial charge in [0.05, 0.1) is 6.10 Å². The van der Waals surface area contributed by atoms with E-state index in [-0.39, 0.29) is 11.9 Å². The van der Waals surface area contributed by atoms with E-state index < -0.39 is 0 Å². The van der Waals surface area contributed by atoms with Crippen molar-refractivity contribution in [1.29, 1.82) is 0 Å². The second-order valence-electron chi connectivity index (χ2n) is 7.76. The van der Waals surface area contributed by atoms with Crippen LogP contribution in [0, 0.1) is 6.92 Å². The maximum atomic E-state index is 12.1. The van der Waals surface area contributed by atoms with Gasteiger partial charge in [-0.15, -0.1) is 0 Å². The molecular weight excluding hydrogens is 332 g/mol. The van der Waals surface area contributed by atoms with Crippen LogP contribution in [0.1, 0.15) is 86.0 Å². The van der Waals surface area contributed by atoms with Gasteiger partial charge < -0.3 is 4.74 Å². The first-order valence-electron chi connectivity index (χ1n) is 9.88. The second-order valence-corrected chi connectivity index (χ2v) is 7.76. The summed E-state index contributed by atoms with van der Waals surface area (Å²) in [4.78, 5) is 12.1. The summed E-state index contributed by atoms with van der Waals surface area (Å²) in [6.45, 7) is 16.9. The second kappa shape index (κ2) is 9.03. The smallest absolute Gasteiger partial charge is 0.162 e. The summed E-state index contributed by atoms with van der Waals surface area (Å²) in [5, 5.41) is 0. The molecule has 0 aliphatic carbocycles. The zero-order valence-corrected chi connectivity index (χ0v) is 17.6. The minimum absolute atomic E-state index is 0.143. The van der Waals surface area contributed by atoms with Gasteiger partial charge in [-0.25, -0.2) is 0 Å². The monoisotopic (exact) mass is 364 g/mol. The molecule has 2 nitrogen and oxygen atoms in total. The number of carbonyl (C=O) groups excluding carboxylic acids is 1. The molecule has 0 saturated carbocycles. The fourth-order valence-corrected chi connectivity index (χ4v) is 3.21. The Labute approximate surface area is 164 Å². The molecule has 0 aliphatic rings. The number of Topliss-reactive ketones (excluding diaryl/α,β-unsaturated/α-hetero) is 1. The fourth-order valence-electron chi connectivity index (χ4n) is 3.21. The van der Waals surface area contributed by atoms with Crippen molar-refractivity contribution in [3.05, 3.63) is 70.8 Å². The van der Waals surface area contributed by atoms with E-state index in [0.29, 0.717) is 12.3 Å². The van der Waals surface area contributed by atoms with Crippen LogP contribution < -0.4 is 4.74 Å². The summed E-state index contributed by atoms with van der Waals surface area (Å²) in [7, 11) is 0. The predicted octanol–water partition coefficient (Wildman–Crippen LogP) is 6.95. The number of ketones is 1. The fraction of sp³-hybridized carbons (Fsp3) is 0.400. The molecule has 2 rings (SSSR count). The summed E-state index contributed by atoms with van der Waals surface area (Å²) < 4.78 is 6.03. The van der Waals surface area contributed by atoms with Crippen LogP contribution in [0.4, 0.5) is 0 Å². The lowest BCUT2D eigenvalue weighted by molar-refractivity contribution is 0.0981. The lowest BCUT2D eigenvalue weighted by atomic mass is 9.90. The molecule has 0 N–H and O–H groups in total. The maximum absolute atomic E-state index is 12.1. The molecule has 2 heteroatoms. The highest BCUT2D eigenvalue weighted by atomic mass is 16.5. The lowest BCUT2D eigenvalue weighted by Gasteiger charge is -2.20. The molecule has 0 aromatic heterocycles. The Kier molecular flexibility index (Phi) is 7.01. The van der Waals surface area contributed by atoms with Gasteiger partial charge in [-0.3, -0.25) is 4.79 Å². The molecule has 0 heterocycles. The number of benzene rings is 2. The van der Waals surface area contributed by atoms with E-state index in [9.17, 15) is 4.79 Å². The molecule has 2 aromatic carbocycles. The van der Waals surface area contributed by atoms with Gasteiger partial charge in [0.2, 0.25) is 0 Å². The zero-order valence-electron chi connectivity index (χ0n) is 17.6. The first-order valence-corrected chi connectivity index (χ1v) is 9.88. The number of ether oxygens (including phenoxy) is 1. The van der Waals surface area contributed by atoms with Gasteiger partial charge in [-0.1, -0.05) is 51.6 Å². The van der Waals surface area contributed by atoms with Gasteiger partial charge >= 0.3 is 0 Å². The highest BCUT2D eigenvalue weighted by Crippen LogP contribution is 2.34. The summed E-state index contributed by atoms with van der Waals surface area (Å²) in [5.74, 6) is 1.51. The highest BCUT2D eigenvalue weighted by molar-refractivity contribution is 5.96. The van der Waals surface area contributed by atoms with Crippen molar-refractivity contribution in [3.8, 4) is 5.75 Å². The molecule has 0 fully saturated rings. The Morgan fingerprint density at radius 1 is 1.04 bits per heavy atom. The van der Waals surface area contributed by atoms with E-state index in [2.05, 4.69) is 39.5 Å². The summed E-state index contributed by atoms with van der Waals surface area (Å²) >= 11 is 0. The van der Waals surface area contributed by atoms with Crippen molar-refractivity contribution in [3.63, 3.8) is 0 Å². The Bertz CT molecular complexity index is 811. The van der Waals surface area contributed by atoms with E-state index in [1.807, 2.05) is 45.0 Å². The Morgan fingerprint density at radius 2 is 1.63 bits per heavy atom. The van der Waals surface area contributed by atoms with Crippen molar-refractivity contribution in [2.75, 3.05) is 0 Å². The molecule has 0 atom stereocenters.